The van der Waals surface area contributed by atoms with Crippen molar-refractivity contribution in [3.63, 3.8) is 0 Å². The lowest BCUT2D eigenvalue weighted by atomic mass is 10.1. The highest BCUT2D eigenvalue weighted by Gasteiger charge is 2.10. The average molecular weight is 253 g/mol. The van der Waals surface area contributed by atoms with Crippen LogP contribution in [0.5, 0.6) is 5.75 Å². The van der Waals surface area contributed by atoms with Gasteiger partial charge in [0.15, 0.2) is 3.95 Å². The molecule has 1 N–H and O–H groups in total. The van der Waals surface area contributed by atoms with E-state index in [0.717, 1.165) is 32.9 Å². The van der Waals surface area contributed by atoms with Gasteiger partial charge < -0.3 is 9.72 Å². The van der Waals surface area contributed by atoms with Crippen molar-refractivity contribution in [2.75, 3.05) is 6.61 Å². The fourth-order valence-corrected chi connectivity index (χ4v) is 2.87. The predicted molar refractivity (Wildman–Crippen MR) is 72.3 cm³/mol. The summed E-state index contributed by atoms with van der Waals surface area (Å²) in [6, 6.07) is 2.10. The van der Waals surface area contributed by atoms with Gasteiger partial charge in [0.05, 0.1) is 16.8 Å². The summed E-state index contributed by atoms with van der Waals surface area (Å²) in [6.07, 6.45) is 1.02. The summed E-state index contributed by atoms with van der Waals surface area (Å²) in [6.45, 7) is 7.07. The number of nitrogens with one attached hydrogen (secondary N) is 1. The van der Waals surface area contributed by atoms with Crippen LogP contribution in [0.2, 0.25) is 0 Å². The summed E-state index contributed by atoms with van der Waals surface area (Å²) in [5.41, 5.74) is 3.62. The zero-order valence-corrected chi connectivity index (χ0v) is 11.3. The fraction of sp³-hybridized carbons (Fsp3) is 0.417. The zero-order valence-electron chi connectivity index (χ0n) is 9.72. The lowest BCUT2D eigenvalue weighted by molar-refractivity contribution is 0.321. The van der Waals surface area contributed by atoms with Crippen molar-refractivity contribution in [1.82, 2.24) is 4.98 Å². The second kappa shape index (κ2) is 4.55. The number of benzene rings is 1. The minimum Gasteiger partial charge on any atom is -0.492 e. The van der Waals surface area contributed by atoms with E-state index in [2.05, 4.69) is 31.8 Å². The Morgan fingerprint density at radius 3 is 2.88 bits per heavy atom. The first-order valence-corrected chi connectivity index (χ1v) is 6.61. The first kappa shape index (κ1) is 11.6. The Kier molecular flexibility index (Phi) is 3.30. The molecule has 0 aliphatic heterocycles. The van der Waals surface area contributed by atoms with Crippen molar-refractivity contribution in [2.24, 2.45) is 0 Å². The number of aromatic nitrogens is 1. The number of aromatic amines is 1. The number of aryl methyl sites for hydroxylation is 2. The Bertz CT molecular complexity index is 568. The minimum absolute atomic E-state index is 0.752. The van der Waals surface area contributed by atoms with Gasteiger partial charge in [-0.05, 0) is 49.7 Å². The third kappa shape index (κ3) is 1.99. The van der Waals surface area contributed by atoms with Gasteiger partial charge in [-0.3, -0.25) is 0 Å². The topological polar surface area (TPSA) is 25.0 Å². The van der Waals surface area contributed by atoms with Crippen LogP contribution in [0.1, 0.15) is 24.5 Å². The summed E-state index contributed by atoms with van der Waals surface area (Å²) in [5.74, 6) is 0.956. The number of H-pyrrole nitrogens is 1. The molecule has 0 spiro atoms. The van der Waals surface area contributed by atoms with Gasteiger partial charge in [-0.2, -0.15) is 0 Å². The lowest BCUT2D eigenvalue weighted by Crippen LogP contribution is -1.96. The van der Waals surface area contributed by atoms with Crippen molar-refractivity contribution in [3.8, 4) is 5.75 Å². The number of thiazole rings is 1. The molecule has 0 bridgehead atoms. The Labute approximate surface area is 104 Å². The smallest absolute Gasteiger partial charge is 0.159 e. The minimum atomic E-state index is 0.752. The second-order valence-electron chi connectivity index (χ2n) is 3.88. The van der Waals surface area contributed by atoms with Crippen LogP contribution in [-0.4, -0.2) is 11.6 Å². The first-order chi connectivity index (χ1) is 7.63. The van der Waals surface area contributed by atoms with E-state index < -0.39 is 0 Å². The molecule has 0 unspecified atom stereocenters. The van der Waals surface area contributed by atoms with Crippen LogP contribution in [0.3, 0.4) is 0 Å². The molecule has 2 aromatic rings. The fourth-order valence-electron chi connectivity index (χ4n) is 1.65. The molecule has 0 saturated carbocycles. The Balaban J connectivity index is 2.64. The molecular weight excluding hydrogens is 238 g/mol. The number of hydrogen-bond donors (Lipinski definition) is 1. The summed E-state index contributed by atoms with van der Waals surface area (Å²) in [5, 5.41) is 0. The molecule has 1 aromatic heterocycles. The van der Waals surface area contributed by atoms with Gasteiger partial charge in [0, 0.05) is 0 Å². The molecule has 0 aliphatic rings. The maximum absolute atomic E-state index is 5.76. The summed E-state index contributed by atoms with van der Waals surface area (Å²) < 4.78 is 7.71. The number of hydrogen-bond acceptors (Lipinski definition) is 3. The number of rotatable bonds is 3. The van der Waals surface area contributed by atoms with Crippen LogP contribution in [-0.2, 0) is 0 Å². The van der Waals surface area contributed by atoms with E-state index in [4.69, 9.17) is 17.0 Å². The molecule has 0 radical (unpaired) electrons. The van der Waals surface area contributed by atoms with Gasteiger partial charge in [0.25, 0.3) is 0 Å². The van der Waals surface area contributed by atoms with Crippen LogP contribution < -0.4 is 4.74 Å². The highest BCUT2D eigenvalue weighted by atomic mass is 32.1. The molecule has 1 aromatic carbocycles. The largest absolute Gasteiger partial charge is 0.492 e. The molecule has 1 heterocycles. The van der Waals surface area contributed by atoms with Crippen molar-refractivity contribution in [1.29, 1.82) is 0 Å². The second-order valence-corrected chi connectivity index (χ2v) is 5.57. The Morgan fingerprint density at radius 2 is 2.19 bits per heavy atom. The molecule has 0 aliphatic carbocycles. The van der Waals surface area contributed by atoms with E-state index in [1.807, 2.05) is 0 Å². The molecule has 2 nitrogen and oxygen atoms in total. The molecule has 86 valence electrons. The third-order valence-electron chi connectivity index (χ3n) is 2.65. The standard InChI is InChI=1S/C12H15NOS2/c1-4-5-14-9-6-7(2)8(3)10-11(9)16-12(15)13-10/h6H,4-5H2,1-3H3,(H,13,15). The van der Waals surface area contributed by atoms with Crippen LogP contribution in [0.4, 0.5) is 0 Å². The SMILES string of the molecule is CCCOc1cc(C)c(C)c2[nH]c(=S)sc12. The quantitative estimate of drug-likeness (QED) is 0.822. The molecule has 0 fully saturated rings. The van der Waals surface area contributed by atoms with E-state index in [0.29, 0.717) is 0 Å². The van der Waals surface area contributed by atoms with Crippen molar-refractivity contribution in [2.45, 2.75) is 27.2 Å². The highest BCUT2D eigenvalue weighted by Crippen LogP contribution is 2.34. The molecule has 2 rings (SSSR count). The van der Waals surface area contributed by atoms with Gasteiger partial charge >= 0.3 is 0 Å². The summed E-state index contributed by atoms with van der Waals surface area (Å²) >= 11 is 6.78. The maximum Gasteiger partial charge on any atom is 0.159 e. The van der Waals surface area contributed by atoms with Gasteiger partial charge in [-0.1, -0.05) is 6.92 Å². The molecule has 16 heavy (non-hydrogen) atoms. The van der Waals surface area contributed by atoms with Crippen LogP contribution in [0.25, 0.3) is 10.2 Å². The zero-order chi connectivity index (χ0) is 11.7. The number of fused-ring (bicyclic) bond motifs is 1. The first-order valence-electron chi connectivity index (χ1n) is 5.39. The summed E-state index contributed by atoms with van der Waals surface area (Å²) in [7, 11) is 0. The van der Waals surface area contributed by atoms with E-state index in [1.54, 1.807) is 11.3 Å². The molecule has 0 amide bonds. The number of ether oxygens (including phenoxy) is 1. The van der Waals surface area contributed by atoms with Crippen LogP contribution in [0, 0.1) is 17.8 Å². The van der Waals surface area contributed by atoms with Gasteiger partial charge in [0.1, 0.15) is 5.75 Å². The Morgan fingerprint density at radius 1 is 1.44 bits per heavy atom. The lowest BCUT2D eigenvalue weighted by Gasteiger charge is -2.09. The van der Waals surface area contributed by atoms with E-state index in [-0.39, 0.29) is 0 Å². The molecular formula is C12H15NOS2. The normalized spacial score (nSPS) is 10.9. The summed E-state index contributed by atoms with van der Waals surface area (Å²) in [4.78, 5) is 3.24. The average Bonchev–Trinajstić information content (AvgIpc) is 2.64. The van der Waals surface area contributed by atoms with Crippen LogP contribution in [0.15, 0.2) is 6.07 Å². The van der Waals surface area contributed by atoms with E-state index in [9.17, 15) is 0 Å². The van der Waals surface area contributed by atoms with Crippen LogP contribution >= 0.6 is 23.6 Å². The van der Waals surface area contributed by atoms with Gasteiger partial charge in [-0.15, -0.1) is 11.3 Å². The van der Waals surface area contributed by atoms with Crippen molar-refractivity contribution in [3.05, 3.63) is 21.1 Å². The molecule has 0 atom stereocenters. The van der Waals surface area contributed by atoms with Gasteiger partial charge in [-0.25, -0.2) is 0 Å². The third-order valence-corrected chi connectivity index (χ3v) is 3.90. The van der Waals surface area contributed by atoms with E-state index in [1.165, 1.54) is 11.1 Å². The predicted octanol–water partition coefficient (Wildman–Crippen LogP) is 4.36. The maximum atomic E-state index is 5.76. The monoisotopic (exact) mass is 253 g/mol. The van der Waals surface area contributed by atoms with E-state index >= 15 is 0 Å². The molecule has 4 heteroatoms. The van der Waals surface area contributed by atoms with Crippen molar-refractivity contribution >= 4 is 33.8 Å². The molecule has 0 saturated heterocycles. The van der Waals surface area contributed by atoms with Crippen molar-refractivity contribution < 1.29 is 4.74 Å². The highest BCUT2D eigenvalue weighted by molar-refractivity contribution is 7.73. The Hall–Kier alpha value is -0.870. The van der Waals surface area contributed by atoms with Gasteiger partial charge in [0.2, 0.25) is 0 Å².